The van der Waals surface area contributed by atoms with Crippen molar-refractivity contribution in [1.82, 2.24) is 4.31 Å². The third-order valence-corrected chi connectivity index (χ3v) is 5.83. The number of benzene rings is 2. The molecule has 0 aliphatic rings. The van der Waals surface area contributed by atoms with Crippen LogP contribution in [-0.4, -0.2) is 43.2 Å². The Morgan fingerprint density at radius 2 is 1.58 bits per heavy atom. The van der Waals surface area contributed by atoms with E-state index in [4.69, 9.17) is 16.2 Å². The molecule has 0 aliphatic carbocycles. The summed E-state index contributed by atoms with van der Waals surface area (Å²) in [6.07, 6.45) is 0.181. The molecule has 2 aromatic carbocycles. The molecule has 2 aromatic rings. The molecule has 0 heterocycles. The van der Waals surface area contributed by atoms with Crippen LogP contribution in [0, 0.1) is 5.41 Å². The van der Waals surface area contributed by atoms with Gasteiger partial charge >= 0.3 is 5.97 Å². The summed E-state index contributed by atoms with van der Waals surface area (Å²) >= 11 is 0. The van der Waals surface area contributed by atoms with Gasteiger partial charge in [-0.1, -0.05) is 36.4 Å². The fourth-order valence-electron chi connectivity index (χ4n) is 2.41. The summed E-state index contributed by atoms with van der Waals surface area (Å²) in [5, 5.41) is 16.0. The minimum Gasteiger partial charge on any atom is -0.481 e. The van der Waals surface area contributed by atoms with E-state index in [2.05, 4.69) is 0 Å². The van der Waals surface area contributed by atoms with E-state index in [1.54, 1.807) is 24.3 Å². The Bertz CT molecular complexity index is 891. The molecule has 0 aromatic heterocycles. The predicted molar refractivity (Wildman–Crippen MR) is 99.6 cm³/mol. The Balaban J connectivity index is 2.14. The van der Waals surface area contributed by atoms with Crippen molar-refractivity contribution in [3.63, 3.8) is 0 Å². The molecule has 4 N–H and O–H groups in total. The molecule has 0 fully saturated rings. The zero-order valence-corrected chi connectivity index (χ0v) is 15.2. The van der Waals surface area contributed by atoms with Crippen molar-refractivity contribution in [3.8, 4) is 11.1 Å². The van der Waals surface area contributed by atoms with Gasteiger partial charge in [0.2, 0.25) is 10.0 Å². The Labute approximate surface area is 152 Å². The number of nitrogen functional groups attached to an aromatic ring is 1. The number of rotatable bonds is 8. The molecule has 8 heteroatoms. The van der Waals surface area contributed by atoms with Gasteiger partial charge in [0, 0.05) is 25.6 Å². The van der Waals surface area contributed by atoms with Crippen molar-refractivity contribution in [2.75, 3.05) is 13.6 Å². The third kappa shape index (κ3) is 4.68. The van der Waals surface area contributed by atoms with Crippen LogP contribution >= 0.6 is 0 Å². The third-order valence-electron chi connectivity index (χ3n) is 3.96. The van der Waals surface area contributed by atoms with Gasteiger partial charge in [-0.25, -0.2) is 12.7 Å². The van der Waals surface area contributed by atoms with E-state index >= 15 is 0 Å². The van der Waals surface area contributed by atoms with Crippen molar-refractivity contribution in [3.05, 3.63) is 54.1 Å². The smallest absolute Gasteiger partial charge is 0.303 e. The van der Waals surface area contributed by atoms with E-state index in [0.29, 0.717) is 5.56 Å². The van der Waals surface area contributed by atoms with Crippen molar-refractivity contribution >= 4 is 21.8 Å². The molecule has 0 saturated heterocycles. The minimum atomic E-state index is -3.66. The number of nitrogens with two attached hydrogens (primary N) is 1. The number of carboxylic acid groups (broad SMARTS) is 1. The molecule has 0 saturated carbocycles. The lowest BCUT2D eigenvalue weighted by Gasteiger charge is -2.17. The van der Waals surface area contributed by atoms with Crippen LogP contribution in [0.1, 0.15) is 18.4 Å². The quantitative estimate of drug-likeness (QED) is 0.481. The standard InChI is InChI=1S/C18H21N3O4S/c1-21(12-2-3-17(22)23)26(24,25)16-10-8-14(9-11-16)13-4-6-15(7-5-13)18(19)20/h4-11H,2-3,12H2,1H3,(H3,19,20)(H,22,23). The largest absolute Gasteiger partial charge is 0.481 e. The van der Waals surface area contributed by atoms with Gasteiger partial charge in [0.15, 0.2) is 0 Å². The van der Waals surface area contributed by atoms with E-state index < -0.39 is 16.0 Å². The van der Waals surface area contributed by atoms with Crippen LogP contribution in [0.2, 0.25) is 0 Å². The summed E-state index contributed by atoms with van der Waals surface area (Å²) in [5.41, 5.74) is 7.77. The normalized spacial score (nSPS) is 11.5. The van der Waals surface area contributed by atoms with Crippen molar-refractivity contribution in [2.24, 2.45) is 5.73 Å². The van der Waals surface area contributed by atoms with Crippen molar-refractivity contribution in [2.45, 2.75) is 17.7 Å². The summed E-state index contributed by atoms with van der Waals surface area (Å²) in [5.74, 6) is -0.958. The fraction of sp³-hybridized carbons (Fsp3) is 0.222. The molecule has 26 heavy (non-hydrogen) atoms. The molecule has 0 atom stereocenters. The average molecular weight is 375 g/mol. The summed E-state index contributed by atoms with van der Waals surface area (Å²) < 4.78 is 26.2. The van der Waals surface area contributed by atoms with Gasteiger partial charge in [0.25, 0.3) is 0 Å². The molecule has 138 valence electrons. The van der Waals surface area contributed by atoms with Crippen LogP contribution in [-0.2, 0) is 14.8 Å². The Morgan fingerprint density at radius 1 is 1.08 bits per heavy atom. The van der Waals surface area contributed by atoms with Crippen molar-refractivity contribution < 1.29 is 18.3 Å². The molecule has 2 rings (SSSR count). The first-order chi connectivity index (χ1) is 12.2. The highest BCUT2D eigenvalue weighted by molar-refractivity contribution is 7.89. The Kier molecular flexibility index (Phi) is 6.12. The SMILES string of the molecule is CN(CCCC(=O)O)S(=O)(=O)c1ccc(-c2ccc(C(=N)N)cc2)cc1. The maximum atomic E-state index is 12.5. The Morgan fingerprint density at radius 3 is 2.04 bits per heavy atom. The zero-order chi connectivity index (χ0) is 19.3. The molecule has 0 amide bonds. The number of nitrogens with one attached hydrogen (secondary N) is 1. The average Bonchev–Trinajstić information content (AvgIpc) is 2.61. The van der Waals surface area contributed by atoms with Crippen LogP contribution in [0.3, 0.4) is 0 Å². The second-order valence-electron chi connectivity index (χ2n) is 5.84. The number of carboxylic acids is 1. The highest BCUT2D eigenvalue weighted by atomic mass is 32.2. The first-order valence-corrected chi connectivity index (χ1v) is 9.39. The predicted octanol–water partition coefficient (Wildman–Crippen LogP) is 2.12. The fourth-order valence-corrected chi connectivity index (χ4v) is 3.62. The van der Waals surface area contributed by atoms with Gasteiger partial charge < -0.3 is 10.8 Å². The van der Waals surface area contributed by atoms with E-state index in [9.17, 15) is 13.2 Å². The molecule has 0 bridgehead atoms. The number of hydrogen-bond acceptors (Lipinski definition) is 4. The van der Waals surface area contributed by atoms with Crippen LogP contribution in [0.4, 0.5) is 0 Å². The first kappa shape index (κ1) is 19.6. The van der Waals surface area contributed by atoms with E-state index in [1.807, 2.05) is 12.1 Å². The summed E-state index contributed by atoms with van der Waals surface area (Å²) in [6, 6.07) is 13.6. The van der Waals surface area contributed by atoms with Gasteiger partial charge in [-0.15, -0.1) is 0 Å². The second-order valence-corrected chi connectivity index (χ2v) is 7.88. The monoisotopic (exact) mass is 375 g/mol. The van der Waals surface area contributed by atoms with Crippen LogP contribution in [0.25, 0.3) is 11.1 Å². The molecular weight excluding hydrogens is 354 g/mol. The minimum absolute atomic E-state index is 0.0103. The van der Waals surface area contributed by atoms with Gasteiger partial charge in [0.05, 0.1) is 4.90 Å². The second kappa shape index (κ2) is 8.11. The van der Waals surface area contributed by atoms with E-state index in [-0.39, 0.29) is 30.1 Å². The zero-order valence-electron chi connectivity index (χ0n) is 14.3. The molecule has 0 aliphatic heterocycles. The van der Waals surface area contributed by atoms with Gasteiger partial charge in [-0.05, 0) is 29.7 Å². The topological polar surface area (TPSA) is 125 Å². The van der Waals surface area contributed by atoms with Crippen LogP contribution in [0.15, 0.2) is 53.4 Å². The van der Waals surface area contributed by atoms with Crippen LogP contribution < -0.4 is 5.73 Å². The molecule has 0 spiro atoms. The number of carbonyl (C=O) groups is 1. The highest BCUT2D eigenvalue weighted by Crippen LogP contribution is 2.23. The molecule has 0 unspecified atom stereocenters. The number of sulfonamides is 1. The number of hydrogen-bond donors (Lipinski definition) is 3. The van der Waals surface area contributed by atoms with Crippen molar-refractivity contribution in [1.29, 1.82) is 5.41 Å². The summed E-state index contributed by atoms with van der Waals surface area (Å²) in [4.78, 5) is 10.7. The lowest BCUT2D eigenvalue weighted by atomic mass is 10.0. The van der Waals surface area contributed by atoms with Gasteiger partial charge in [-0.3, -0.25) is 10.2 Å². The highest BCUT2D eigenvalue weighted by Gasteiger charge is 2.20. The molecule has 7 nitrogen and oxygen atoms in total. The lowest BCUT2D eigenvalue weighted by molar-refractivity contribution is -0.137. The maximum absolute atomic E-state index is 12.5. The molecular formula is C18H21N3O4S. The van der Waals surface area contributed by atoms with Gasteiger partial charge in [-0.2, -0.15) is 0 Å². The summed E-state index contributed by atoms with van der Waals surface area (Å²) in [7, 11) is -2.22. The van der Waals surface area contributed by atoms with Crippen LogP contribution in [0.5, 0.6) is 0 Å². The van der Waals surface area contributed by atoms with E-state index in [1.165, 1.54) is 19.2 Å². The number of aliphatic carboxylic acids is 1. The number of amidine groups is 1. The lowest BCUT2D eigenvalue weighted by Crippen LogP contribution is -2.28. The van der Waals surface area contributed by atoms with E-state index in [0.717, 1.165) is 15.4 Å². The number of nitrogens with zero attached hydrogens (tertiary/aromatic N) is 1. The first-order valence-electron chi connectivity index (χ1n) is 7.95. The maximum Gasteiger partial charge on any atom is 0.303 e. The molecule has 0 radical (unpaired) electrons. The van der Waals surface area contributed by atoms with Gasteiger partial charge in [0.1, 0.15) is 5.84 Å². The summed E-state index contributed by atoms with van der Waals surface area (Å²) in [6.45, 7) is 0.142. The Hall–Kier alpha value is -2.71.